The van der Waals surface area contributed by atoms with Crippen molar-refractivity contribution in [3.05, 3.63) is 77.1 Å². The SMILES string of the molecule is C[C@H]1Oc2cc(cnc2N)-c2c(C#N)nn3c2C(CC3)c2cccnc2-c2ccc(F)cc21. The number of nitriles is 1. The second-order valence-corrected chi connectivity index (χ2v) is 8.33. The van der Waals surface area contributed by atoms with E-state index < -0.39 is 6.10 Å². The maximum absolute atomic E-state index is 14.3. The van der Waals surface area contributed by atoms with Crippen molar-refractivity contribution >= 4 is 5.82 Å². The van der Waals surface area contributed by atoms with Gasteiger partial charge in [0, 0.05) is 47.1 Å². The van der Waals surface area contributed by atoms with Crippen LogP contribution in [0.15, 0.2) is 48.8 Å². The maximum atomic E-state index is 14.3. The van der Waals surface area contributed by atoms with E-state index in [4.69, 9.17) is 15.5 Å². The van der Waals surface area contributed by atoms with E-state index in [9.17, 15) is 9.65 Å². The highest BCUT2D eigenvalue weighted by atomic mass is 19.1. The van der Waals surface area contributed by atoms with Crippen LogP contribution < -0.4 is 10.5 Å². The fraction of sp³-hybridized carbons (Fsp3) is 0.200. The molecule has 33 heavy (non-hydrogen) atoms. The number of nitrogen functional groups attached to an aromatic ring is 1. The van der Waals surface area contributed by atoms with Gasteiger partial charge in [0.2, 0.25) is 0 Å². The highest BCUT2D eigenvalue weighted by Gasteiger charge is 2.35. The van der Waals surface area contributed by atoms with Crippen molar-refractivity contribution in [3.8, 4) is 34.2 Å². The van der Waals surface area contributed by atoms with Gasteiger partial charge in [-0.3, -0.25) is 9.67 Å². The summed E-state index contributed by atoms with van der Waals surface area (Å²) >= 11 is 0. The molecule has 2 atom stereocenters. The topological polar surface area (TPSA) is 103 Å². The number of nitrogens with two attached hydrogens (primary N) is 1. The first-order chi connectivity index (χ1) is 16.0. The predicted octanol–water partition coefficient (Wildman–Crippen LogP) is 4.59. The Bertz CT molecular complexity index is 1470. The number of ether oxygens (including phenoxy) is 1. The first-order valence-corrected chi connectivity index (χ1v) is 10.7. The number of aromatic nitrogens is 4. The molecule has 8 heteroatoms. The van der Waals surface area contributed by atoms with Crippen molar-refractivity contribution in [1.29, 1.82) is 5.26 Å². The number of fused-ring (bicyclic) bond motifs is 7. The summed E-state index contributed by atoms with van der Waals surface area (Å²) in [6.07, 6.45) is 3.68. The Morgan fingerprint density at radius 2 is 2.09 bits per heavy atom. The molecule has 2 bridgehead atoms. The minimum atomic E-state index is -0.523. The van der Waals surface area contributed by atoms with Crippen molar-refractivity contribution < 1.29 is 9.13 Å². The summed E-state index contributed by atoms with van der Waals surface area (Å²) in [4.78, 5) is 9.04. The molecule has 0 fully saturated rings. The molecule has 0 saturated heterocycles. The Morgan fingerprint density at radius 3 is 2.94 bits per heavy atom. The molecule has 2 aliphatic heterocycles. The van der Waals surface area contributed by atoms with Gasteiger partial charge in [0.15, 0.2) is 17.3 Å². The number of pyridine rings is 2. The third kappa shape index (κ3) is 2.89. The van der Waals surface area contributed by atoms with Crippen LogP contribution in [0.4, 0.5) is 10.2 Å². The molecule has 0 radical (unpaired) electrons. The van der Waals surface area contributed by atoms with Crippen molar-refractivity contribution in [2.24, 2.45) is 0 Å². The average Bonchev–Trinajstić information content (AvgIpc) is 3.39. The van der Waals surface area contributed by atoms with Crippen LogP contribution in [-0.4, -0.2) is 19.7 Å². The van der Waals surface area contributed by atoms with Gasteiger partial charge in [-0.1, -0.05) is 6.07 Å². The Kier molecular flexibility index (Phi) is 4.20. The van der Waals surface area contributed by atoms with E-state index in [0.717, 1.165) is 34.5 Å². The van der Waals surface area contributed by atoms with Crippen molar-refractivity contribution in [3.63, 3.8) is 0 Å². The van der Waals surface area contributed by atoms with Gasteiger partial charge < -0.3 is 10.5 Å². The van der Waals surface area contributed by atoms with Gasteiger partial charge in [0.1, 0.15) is 18.0 Å². The van der Waals surface area contributed by atoms with E-state index in [0.29, 0.717) is 29.1 Å². The molecule has 0 aliphatic carbocycles. The lowest BCUT2D eigenvalue weighted by Gasteiger charge is -2.23. The number of hydrogen-bond donors (Lipinski definition) is 1. The molecule has 4 aromatic rings. The van der Waals surface area contributed by atoms with Gasteiger partial charge in [0.25, 0.3) is 0 Å². The minimum Gasteiger partial charge on any atom is -0.482 e. The Morgan fingerprint density at radius 1 is 1.21 bits per heavy atom. The van der Waals surface area contributed by atoms with Crippen LogP contribution in [0.5, 0.6) is 5.75 Å². The molecular weight excluding hydrogens is 419 g/mol. The Balaban J connectivity index is 1.72. The van der Waals surface area contributed by atoms with Crippen LogP contribution >= 0.6 is 0 Å². The zero-order valence-corrected chi connectivity index (χ0v) is 17.8. The summed E-state index contributed by atoms with van der Waals surface area (Å²) in [5.41, 5.74) is 12.1. The second kappa shape index (κ2) is 7.14. The number of anilines is 1. The van der Waals surface area contributed by atoms with Crippen LogP contribution in [0.3, 0.4) is 0 Å². The number of nitrogens with zero attached hydrogens (tertiary/aromatic N) is 5. The van der Waals surface area contributed by atoms with E-state index >= 15 is 0 Å². The van der Waals surface area contributed by atoms with E-state index in [-0.39, 0.29) is 17.6 Å². The van der Waals surface area contributed by atoms with Gasteiger partial charge >= 0.3 is 0 Å². The highest BCUT2D eigenvalue weighted by Crippen LogP contribution is 2.46. The number of halogens is 1. The lowest BCUT2D eigenvalue weighted by molar-refractivity contribution is 0.227. The normalized spacial score (nSPS) is 18.1. The third-order valence-corrected chi connectivity index (χ3v) is 6.45. The first-order valence-electron chi connectivity index (χ1n) is 10.7. The summed E-state index contributed by atoms with van der Waals surface area (Å²) in [7, 11) is 0. The molecule has 0 saturated carbocycles. The smallest absolute Gasteiger partial charge is 0.170 e. The quantitative estimate of drug-likeness (QED) is 0.431. The number of rotatable bonds is 0. The largest absolute Gasteiger partial charge is 0.482 e. The molecule has 162 valence electrons. The molecule has 1 aromatic carbocycles. The lowest BCUT2D eigenvalue weighted by atomic mass is 9.86. The molecule has 7 nitrogen and oxygen atoms in total. The summed E-state index contributed by atoms with van der Waals surface area (Å²) in [6.45, 7) is 2.53. The summed E-state index contributed by atoms with van der Waals surface area (Å²) in [6, 6.07) is 12.6. The summed E-state index contributed by atoms with van der Waals surface area (Å²) < 4.78 is 22.4. The fourth-order valence-electron chi connectivity index (χ4n) is 5.00. The summed E-state index contributed by atoms with van der Waals surface area (Å²) in [5, 5.41) is 14.4. The molecule has 2 aliphatic rings. The van der Waals surface area contributed by atoms with E-state index in [1.165, 1.54) is 12.1 Å². The summed E-state index contributed by atoms with van der Waals surface area (Å²) in [5.74, 6) is 0.204. The zero-order valence-electron chi connectivity index (χ0n) is 17.8. The van der Waals surface area contributed by atoms with Crippen LogP contribution in [0.25, 0.3) is 22.4 Å². The van der Waals surface area contributed by atoms with Gasteiger partial charge in [-0.05, 0) is 49.2 Å². The predicted molar refractivity (Wildman–Crippen MR) is 120 cm³/mol. The lowest BCUT2D eigenvalue weighted by Crippen LogP contribution is -2.11. The molecule has 6 rings (SSSR count). The molecule has 5 heterocycles. The number of benzene rings is 1. The molecular formula is C25H19FN6O. The van der Waals surface area contributed by atoms with Gasteiger partial charge in [-0.2, -0.15) is 10.4 Å². The average molecular weight is 438 g/mol. The second-order valence-electron chi connectivity index (χ2n) is 8.33. The zero-order chi connectivity index (χ0) is 22.7. The number of hydrogen-bond acceptors (Lipinski definition) is 6. The van der Waals surface area contributed by atoms with Crippen molar-refractivity contribution in [1.82, 2.24) is 19.7 Å². The standard InChI is InChI=1S/C25H19FN6O/c1-13-19-10-15(26)4-5-17(19)23-16(3-2-7-29-23)18-6-8-32-24(18)22(20(11-27)31-32)14-9-21(33-13)25(28)30-12-14/h2-5,7,9-10,12-13,18H,6,8H2,1H3,(H2,28,30)/t13-,18?/m1/s1. The van der Waals surface area contributed by atoms with Crippen molar-refractivity contribution in [2.75, 3.05) is 5.73 Å². The van der Waals surface area contributed by atoms with E-state index in [1.54, 1.807) is 24.5 Å². The van der Waals surface area contributed by atoms with Gasteiger partial charge in [0.05, 0.1) is 11.4 Å². The molecule has 2 N–H and O–H groups in total. The minimum absolute atomic E-state index is 0.0344. The van der Waals surface area contributed by atoms with E-state index in [2.05, 4.69) is 16.2 Å². The van der Waals surface area contributed by atoms with Crippen molar-refractivity contribution in [2.45, 2.75) is 31.9 Å². The third-order valence-electron chi connectivity index (χ3n) is 6.45. The van der Waals surface area contributed by atoms with Gasteiger partial charge in [-0.15, -0.1) is 0 Å². The fourth-order valence-corrected chi connectivity index (χ4v) is 5.00. The molecule has 3 aromatic heterocycles. The monoisotopic (exact) mass is 438 g/mol. The first kappa shape index (κ1) is 19.4. The maximum Gasteiger partial charge on any atom is 0.170 e. The molecule has 1 unspecified atom stereocenters. The van der Waals surface area contributed by atoms with Crippen LogP contribution in [0.1, 0.15) is 47.9 Å². The van der Waals surface area contributed by atoms with Crippen LogP contribution in [0.2, 0.25) is 0 Å². The number of aryl methyl sites for hydroxylation is 1. The highest BCUT2D eigenvalue weighted by molar-refractivity contribution is 5.77. The molecule has 0 amide bonds. The Labute approximate surface area is 189 Å². The molecule has 0 spiro atoms. The van der Waals surface area contributed by atoms with Gasteiger partial charge in [-0.25, -0.2) is 9.37 Å². The van der Waals surface area contributed by atoms with Crippen LogP contribution in [-0.2, 0) is 6.54 Å². The Hall–Kier alpha value is -4.25. The van der Waals surface area contributed by atoms with Crippen LogP contribution in [0, 0.1) is 17.1 Å². The van der Waals surface area contributed by atoms with E-state index in [1.807, 2.05) is 23.7 Å².